The lowest BCUT2D eigenvalue weighted by Gasteiger charge is -2.44. The molecule has 0 saturated carbocycles. The number of hydrogen-bond acceptors (Lipinski definition) is 10. The van der Waals surface area contributed by atoms with Gasteiger partial charge in [-0.1, -0.05) is 0 Å². The molecule has 1 fully saturated rings. The summed E-state index contributed by atoms with van der Waals surface area (Å²) in [5, 5.41) is 2.46. The second-order valence-electron chi connectivity index (χ2n) is 6.71. The molecule has 1 aliphatic heterocycles. The summed E-state index contributed by atoms with van der Waals surface area (Å²) in [6.45, 7) is 7.17. The molecule has 0 radical (unpaired) electrons. The quantitative estimate of drug-likeness (QED) is 0.284. The van der Waals surface area contributed by atoms with Crippen molar-refractivity contribution in [2.24, 2.45) is 0 Å². The first-order valence-electron chi connectivity index (χ1n) is 9.81. The number of methoxy groups -OCH3 is 1. The molecule has 31 heavy (non-hydrogen) atoms. The number of nitrogens with zero attached hydrogens (tertiary/aromatic N) is 1. The Morgan fingerprint density at radius 2 is 1.45 bits per heavy atom. The summed E-state index contributed by atoms with van der Waals surface area (Å²) in [7, 11) is 1.27. The van der Waals surface area contributed by atoms with Gasteiger partial charge in [0.1, 0.15) is 18.8 Å². The predicted molar refractivity (Wildman–Crippen MR) is 103 cm³/mol. The smallest absolute Gasteiger partial charge is 0.311 e. The number of amides is 2. The Morgan fingerprint density at radius 3 is 1.90 bits per heavy atom. The van der Waals surface area contributed by atoms with E-state index in [-0.39, 0.29) is 6.61 Å². The molecule has 5 atom stereocenters. The molecule has 1 heterocycles. The SMILES string of the molecule is CCN(CC)C(=O)C(=O)N[C@H]1[C@@H](OC)O[C@H](COC(C)=O)[C@@H](OC(C)=O)[C@@H]1OC(C)=O. The van der Waals surface area contributed by atoms with Crippen molar-refractivity contribution in [1.82, 2.24) is 10.2 Å². The minimum absolute atomic E-state index is 0.311. The van der Waals surface area contributed by atoms with Gasteiger partial charge in [-0.25, -0.2) is 0 Å². The van der Waals surface area contributed by atoms with Crippen LogP contribution in [0.15, 0.2) is 0 Å². The molecular formula is C19H30N2O10. The van der Waals surface area contributed by atoms with E-state index < -0.39 is 60.4 Å². The monoisotopic (exact) mass is 446 g/mol. The Labute approximate surface area is 180 Å². The van der Waals surface area contributed by atoms with Crippen LogP contribution in [-0.4, -0.2) is 92.1 Å². The second kappa shape index (κ2) is 12.2. The maximum Gasteiger partial charge on any atom is 0.311 e. The van der Waals surface area contributed by atoms with E-state index in [0.717, 1.165) is 13.8 Å². The van der Waals surface area contributed by atoms with Crippen LogP contribution in [0.3, 0.4) is 0 Å². The summed E-state index contributed by atoms with van der Waals surface area (Å²) in [5.74, 6) is -3.84. The lowest BCUT2D eigenvalue weighted by Crippen LogP contribution is -2.67. The average Bonchev–Trinajstić information content (AvgIpc) is 2.69. The van der Waals surface area contributed by atoms with Gasteiger partial charge in [-0.05, 0) is 13.8 Å². The summed E-state index contributed by atoms with van der Waals surface area (Å²) < 4.78 is 26.5. The first-order valence-corrected chi connectivity index (χ1v) is 9.81. The first kappa shape index (κ1) is 26.3. The third-order valence-electron chi connectivity index (χ3n) is 4.48. The number of hydrogen-bond donors (Lipinski definition) is 1. The number of rotatable bonds is 8. The van der Waals surface area contributed by atoms with Crippen molar-refractivity contribution in [1.29, 1.82) is 0 Å². The highest BCUT2D eigenvalue weighted by Gasteiger charge is 2.51. The third kappa shape index (κ3) is 7.47. The van der Waals surface area contributed by atoms with Gasteiger partial charge < -0.3 is 33.9 Å². The fourth-order valence-corrected chi connectivity index (χ4v) is 3.13. The molecule has 1 saturated heterocycles. The molecule has 0 aromatic rings. The molecule has 0 aliphatic carbocycles. The molecule has 1 rings (SSSR count). The Morgan fingerprint density at radius 1 is 0.903 bits per heavy atom. The highest BCUT2D eigenvalue weighted by atomic mass is 16.7. The van der Waals surface area contributed by atoms with E-state index in [1.807, 2.05) is 0 Å². The van der Waals surface area contributed by atoms with E-state index in [4.69, 9.17) is 23.7 Å². The molecule has 0 aromatic carbocycles. The molecule has 0 spiro atoms. The normalized spacial score (nSPS) is 25.2. The zero-order valence-electron chi connectivity index (χ0n) is 18.5. The van der Waals surface area contributed by atoms with Crippen molar-refractivity contribution in [3.05, 3.63) is 0 Å². The molecule has 1 aliphatic rings. The van der Waals surface area contributed by atoms with Crippen LogP contribution in [0.1, 0.15) is 34.6 Å². The summed E-state index contributed by atoms with van der Waals surface area (Å²) in [6, 6.07) is -1.20. The van der Waals surface area contributed by atoms with Gasteiger partial charge in [-0.15, -0.1) is 0 Å². The number of carbonyl (C=O) groups is 5. The molecule has 12 heteroatoms. The van der Waals surface area contributed by atoms with Gasteiger partial charge in [0, 0.05) is 41.0 Å². The van der Waals surface area contributed by atoms with Gasteiger partial charge in [0.05, 0.1) is 0 Å². The van der Waals surface area contributed by atoms with Gasteiger partial charge in [0.25, 0.3) is 0 Å². The van der Waals surface area contributed by atoms with Crippen LogP contribution in [-0.2, 0) is 47.7 Å². The summed E-state index contributed by atoms with van der Waals surface area (Å²) in [6.07, 6.45) is -4.80. The molecule has 176 valence electrons. The van der Waals surface area contributed by atoms with Crippen molar-refractivity contribution < 1.29 is 47.7 Å². The highest BCUT2D eigenvalue weighted by Crippen LogP contribution is 2.27. The second-order valence-corrected chi connectivity index (χ2v) is 6.71. The highest BCUT2D eigenvalue weighted by molar-refractivity contribution is 6.35. The third-order valence-corrected chi connectivity index (χ3v) is 4.48. The van der Waals surface area contributed by atoms with Gasteiger partial charge in [-0.3, -0.25) is 24.0 Å². The summed E-state index contributed by atoms with van der Waals surface area (Å²) >= 11 is 0. The van der Waals surface area contributed by atoms with Crippen molar-refractivity contribution in [3.8, 4) is 0 Å². The maximum atomic E-state index is 12.6. The number of esters is 3. The fourth-order valence-electron chi connectivity index (χ4n) is 3.13. The van der Waals surface area contributed by atoms with Crippen LogP contribution in [0.25, 0.3) is 0 Å². The minimum atomic E-state index is -1.28. The Balaban J connectivity index is 3.26. The van der Waals surface area contributed by atoms with Crippen LogP contribution in [0.5, 0.6) is 0 Å². The summed E-state index contributed by atoms with van der Waals surface area (Å²) in [5.41, 5.74) is 0. The fraction of sp³-hybridized carbons (Fsp3) is 0.737. The van der Waals surface area contributed by atoms with Gasteiger partial charge in [0.15, 0.2) is 18.5 Å². The van der Waals surface area contributed by atoms with Crippen molar-refractivity contribution in [2.45, 2.75) is 65.3 Å². The number of nitrogens with one attached hydrogen (secondary N) is 1. The number of likely N-dealkylation sites (N-methyl/N-ethyl adjacent to an activating group) is 1. The predicted octanol–water partition coefficient (Wildman–Crippen LogP) is -0.863. The van der Waals surface area contributed by atoms with Gasteiger partial charge in [-0.2, -0.15) is 0 Å². The van der Waals surface area contributed by atoms with Gasteiger partial charge >= 0.3 is 29.7 Å². The Kier molecular flexibility index (Phi) is 10.4. The van der Waals surface area contributed by atoms with Crippen molar-refractivity contribution in [2.75, 3.05) is 26.8 Å². The number of ether oxygens (including phenoxy) is 5. The van der Waals surface area contributed by atoms with E-state index >= 15 is 0 Å². The van der Waals surface area contributed by atoms with Crippen LogP contribution >= 0.6 is 0 Å². The summed E-state index contributed by atoms with van der Waals surface area (Å²) in [4.78, 5) is 60.9. The lowest BCUT2D eigenvalue weighted by atomic mass is 9.96. The van der Waals surface area contributed by atoms with Crippen molar-refractivity contribution in [3.63, 3.8) is 0 Å². The van der Waals surface area contributed by atoms with Crippen LogP contribution < -0.4 is 5.32 Å². The molecule has 1 N–H and O–H groups in total. The molecule has 0 unspecified atom stereocenters. The largest absolute Gasteiger partial charge is 0.463 e. The Hall–Kier alpha value is -2.73. The molecule has 12 nitrogen and oxygen atoms in total. The van der Waals surface area contributed by atoms with Crippen molar-refractivity contribution >= 4 is 29.7 Å². The van der Waals surface area contributed by atoms with Crippen LogP contribution in [0.2, 0.25) is 0 Å². The van der Waals surface area contributed by atoms with E-state index in [1.54, 1.807) is 13.8 Å². The van der Waals surface area contributed by atoms with E-state index in [1.165, 1.54) is 18.9 Å². The van der Waals surface area contributed by atoms with E-state index in [9.17, 15) is 24.0 Å². The van der Waals surface area contributed by atoms with E-state index in [0.29, 0.717) is 13.1 Å². The van der Waals surface area contributed by atoms with E-state index in [2.05, 4.69) is 5.32 Å². The Bertz CT molecular complexity index is 679. The van der Waals surface area contributed by atoms with Crippen LogP contribution in [0.4, 0.5) is 0 Å². The van der Waals surface area contributed by atoms with Gasteiger partial charge in [0.2, 0.25) is 0 Å². The molecule has 0 aromatic heterocycles. The number of carbonyl (C=O) groups excluding carboxylic acids is 5. The van der Waals surface area contributed by atoms with Crippen LogP contribution in [0, 0.1) is 0 Å². The molecule has 0 bridgehead atoms. The zero-order valence-corrected chi connectivity index (χ0v) is 18.5. The maximum absolute atomic E-state index is 12.6. The molecule has 2 amide bonds. The topological polar surface area (TPSA) is 147 Å². The standard InChI is InChI=1S/C19H30N2O10/c1-7-21(8-2)18(26)17(25)20-14-16(30-12(5)24)15(29-11(4)23)13(9-28-10(3)22)31-19(14)27-6/h13-16,19H,7-9H2,1-6H3,(H,20,25)/t13-,14-,15-,16-,19+/m1/s1. The lowest BCUT2D eigenvalue weighted by molar-refractivity contribution is -0.271. The molecular weight excluding hydrogens is 416 g/mol. The minimum Gasteiger partial charge on any atom is -0.463 e. The average molecular weight is 446 g/mol. The first-order chi connectivity index (χ1) is 14.5. The zero-order chi connectivity index (χ0) is 23.7.